The number of carbonyl (C=O) groups excluding carboxylic acids is 2. The summed E-state index contributed by atoms with van der Waals surface area (Å²) in [4.78, 5) is 32.4. The summed E-state index contributed by atoms with van der Waals surface area (Å²) < 4.78 is 0. The summed E-state index contributed by atoms with van der Waals surface area (Å²) in [5, 5.41) is 3.01. The Morgan fingerprint density at radius 1 is 0.903 bits per heavy atom. The Morgan fingerprint density at radius 3 is 2.26 bits per heavy atom. The lowest BCUT2D eigenvalue weighted by Gasteiger charge is -2.34. The number of nitrogens with zero attached hydrogens (tertiary/aromatic N) is 3. The number of carbonyl (C=O) groups is 2. The second-order valence-electron chi connectivity index (χ2n) is 8.42. The number of likely N-dealkylation sites (tertiary alicyclic amines) is 1. The molecule has 2 aromatic carbocycles. The van der Waals surface area contributed by atoms with Gasteiger partial charge >= 0.3 is 0 Å². The molecule has 4 rings (SSSR count). The minimum Gasteiger partial charge on any atom is -0.327 e. The van der Waals surface area contributed by atoms with Gasteiger partial charge in [0.1, 0.15) is 6.04 Å². The summed E-state index contributed by atoms with van der Waals surface area (Å²) in [6, 6.07) is 16.9. The number of rotatable bonds is 6. The van der Waals surface area contributed by atoms with Crippen LogP contribution in [0.15, 0.2) is 54.6 Å². The minimum atomic E-state index is -0.415. The van der Waals surface area contributed by atoms with E-state index in [9.17, 15) is 9.59 Å². The molecule has 2 heterocycles. The van der Waals surface area contributed by atoms with Crippen LogP contribution in [-0.2, 0) is 11.3 Å². The van der Waals surface area contributed by atoms with E-state index in [0.717, 1.165) is 51.4 Å². The van der Waals surface area contributed by atoms with Crippen LogP contribution >= 0.6 is 0 Å². The van der Waals surface area contributed by atoms with Gasteiger partial charge in [-0.2, -0.15) is 0 Å². The third-order valence-corrected chi connectivity index (χ3v) is 6.38. The van der Waals surface area contributed by atoms with Crippen LogP contribution in [0.2, 0.25) is 0 Å². The molecule has 6 heteroatoms. The van der Waals surface area contributed by atoms with Crippen molar-refractivity contribution in [2.45, 2.75) is 32.4 Å². The van der Waals surface area contributed by atoms with Gasteiger partial charge in [-0.3, -0.25) is 14.5 Å². The maximum atomic E-state index is 12.9. The first kappa shape index (κ1) is 21.5. The SMILES string of the molecule is CCN1CCN(Cc2ccc(NC(=O)C3CCCN3C(=O)c3ccccc3)cc2)CC1. The molecule has 164 valence electrons. The number of hydrogen-bond acceptors (Lipinski definition) is 4. The monoisotopic (exact) mass is 420 g/mol. The second-order valence-corrected chi connectivity index (χ2v) is 8.42. The molecule has 0 bridgehead atoms. The minimum absolute atomic E-state index is 0.0724. The first-order valence-electron chi connectivity index (χ1n) is 11.3. The number of benzene rings is 2. The van der Waals surface area contributed by atoms with Gasteiger partial charge in [0.15, 0.2) is 0 Å². The zero-order valence-corrected chi connectivity index (χ0v) is 18.3. The fraction of sp³-hybridized carbons (Fsp3) is 0.440. The van der Waals surface area contributed by atoms with Crippen LogP contribution < -0.4 is 5.32 Å². The van der Waals surface area contributed by atoms with E-state index in [-0.39, 0.29) is 11.8 Å². The molecule has 0 saturated carbocycles. The predicted octanol–water partition coefficient (Wildman–Crippen LogP) is 3.07. The summed E-state index contributed by atoms with van der Waals surface area (Å²) >= 11 is 0. The third kappa shape index (κ3) is 5.32. The lowest BCUT2D eigenvalue weighted by Crippen LogP contribution is -2.45. The van der Waals surface area contributed by atoms with Crippen molar-refractivity contribution in [3.05, 3.63) is 65.7 Å². The van der Waals surface area contributed by atoms with Gasteiger partial charge in [-0.25, -0.2) is 0 Å². The highest BCUT2D eigenvalue weighted by Crippen LogP contribution is 2.22. The topological polar surface area (TPSA) is 55.9 Å². The molecule has 1 atom stereocenters. The molecule has 0 radical (unpaired) electrons. The summed E-state index contributed by atoms with van der Waals surface area (Å²) in [5.41, 5.74) is 2.67. The maximum Gasteiger partial charge on any atom is 0.254 e. The average molecular weight is 421 g/mol. The Labute approximate surface area is 184 Å². The smallest absolute Gasteiger partial charge is 0.254 e. The second kappa shape index (κ2) is 10.1. The molecular weight excluding hydrogens is 388 g/mol. The normalized spacial score (nSPS) is 20.0. The highest BCUT2D eigenvalue weighted by molar-refractivity contribution is 6.01. The molecule has 2 aromatic rings. The number of amides is 2. The van der Waals surface area contributed by atoms with E-state index < -0.39 is 6.04 Å². The van der Waals surface area contributed by atoms with E-state index in [1.165, 1.54) is 5.56 Å². The van der Waals surface area contributed by atoms with E-state index in [4.69, 9.17) is 0 Å². The van der Waals surface area contributed by atoms with E-state index >= 15 is 0 Å². The Kier molecular flexibility index (Phi) is 6.99. The van der Waals surface area contributed by atoms with Gasteiger partial charge in [-0.15, -0.1) is 0 Å². The number of hydrogen-bond donors (Lipinski definition) is 1. The Balaban J connectivity index is 1.32. The summed E-state index contributed by atoms with van der Waals surface area (Å²) in [6.45, 7) is 9.35. The van der Waals surface area contributed by atoms with Gasteiger partial charge in [-0.1, -0.05) is 37.3 Å². The summed E-state index contributed by atoms with van der Waals surface area (Å²) in [5.74, 6) is -0.179. The first-order chi connectivity index (χ1) is 15.1. The van der Waals surface area contributed by atoms with E-state index in [1.807, 2.05) is 30.3 Å². The maximum absolute atomic E-state index is 12.9. The summed E-state index contributed by atoms with van der Waals surface area (Å²) in [7, 11) is 0. The molecule has 2 aliphatic heterocycles. The van der Waals surface area contributed by atoms with Gasteiger partial charge in [-0.05, 0) is 49.2 Å². The van der Waals surface area contributed by atoms with Gasteiger partial charge in [0.2, 0.25) is 5.91 Å². The van der Waals surface area contributed by atoms with Crippen LogP contribution in [0.1, 0.15) is 35.7 Å². The lowest BCUT2D eigenvalue weighted by molar-refractivity contribution is -0.119. The molecule has 1 N–H and O–H groups in total. The fourth-order valence-electron chi connectivity index (χ4n) is 4.47. The van der Waals surface area contributed by atoms with E-state index in [0.29, 0.717) is 18.5 Å². The molecule has 0 aromatic heterocycles. The van der Waals surface area contributed by atoms with Crippen molar-refractivity contribution < 1.29 is 9.59 Å². The van der Waals surface area contributed by atoms with Crippen molar-refractivity contribution in [3.63, 3.8) is 0 Å². The van der Waals surface area contributed by atoms with Crippen molar-refractivity contribution in [2.24, 2.45) is 0 Å². The zero-order valence-electron chi connectivity index (χ0n) is 18.3. The zero-order chi connectivity index (χ0) is 21.6. The lowest BCUT2D eigenvalue weighted by atomic mass is 10.1. The van der Waals surface area contributed by atoms with Crippen molar-refractivity contribution >= 4 is 17.5 Å². The third-order valence-electron chi connectivity index (χ3n) is 6.38. The van der Waals surface area contributed by atoms with Gasteiger partial charge in [0, 0.05) is 50.5 Å². The highest BCUT2D eigenvalue weighted by atomic mass is 16.2. The Morgan fingerprint density at radius 2 is 1.58 bits per heavy atom. The molecule has 1 unspecified atom stereocenters. The Hall–Kier alpha value is -2.70. The predicted molar refractivity (Wildman–Crippen MR) is 123 cm³/mol. The molecule has 6 nitrogen and oxygen atoms in total. The summed E-state index contributed by atoms with van der Waals surface area (Å²) in [6.07, 6.45) is 1.55. The van der Waals surface area contributed by atoms with Crippen LogP contribution in [0, 0.1) is 0 Å². The molecular formula is C25H32N4O2. The number of nitrogens with one attached hydrogen (secondary N) is 1. The van der Waals surface area contributed by atoms with Gasteiger partial charge < -0.3 is 15.1 Å². The molecule has 31 heavy (non-hydrogen) atoms. The van der Waals surface area contributed by atoms with Crippen LogP contribution in [0.25, 0.3) is 0 Å². The van der Waals surface area contributed by atoms with Crippen molar-refractivity contribution in [1.29, 1.82) is 0 Å². The molecule has 0 aliphatic carbocycles. The van der Waals surface area contributed by atoms with E-state index in [1.54, 1.807) is 17.0 Å². The van der Waals surface area contributed by atoms with Gasteiger partial charge in [0.25, 0.3) is 5.91 Å². The number of piperazine rings is 1. The van der Waals surface area contributed by atoms with Crippen molar-refractivity contribution in [2.75, 3.05) is 44.6 Å². The van der Waals surface area contributed by atoms with Crippen molar-refractivity contribution in [1.82, 2.24) is 14.7 Å². The van der Waals surface area contributed by atoms with Crippen LogP contribution in [0.5, 0.6) is 0 Å². The van der Waals surface area contributed by atoms with E-state index in [2.05, 4.69) is 34.2 Å². The first-order valence-corrected chi connectivity index (χ1v) is 11.3. The number of anilines is 1. The quantitative estimate of drug-likeness (QED) is 0.780. The van der Waals surface area contributed by atoms with Gasteiger partial charge in [0.05, 0.1) is 0 Å². The van der Waals surface area contributed by atoms with Crippen molar-refractivity contribution in [3.8, 4) is 0 Å². The highest BCUT2D eigenvalue weighted by Gasteiger charge is 2.34. The molecule has 0 spiro atoms. The fourth-order valence-corrected chi connectivity index (χ4v) is 4.47. The molecule has 2 fully saturated rings. The van der Waals surface area contributed by atoms with Crippen LogP contribution in [-0.4, -0.2) is 71.8 Å². The number of likely N-dealkylation sites (N-methyl/N-ethyl adjacent to an activating group) is 1. The van der Waals surface area contributed by atoms with Crippen LogP contribution in [0.3, 0.4) is 0 Å². The molecule has 2 amide bonds. The Bertz CT molecular complexity index is 876. The molecule has 2 saturated heterocycles. The average Bonchev–Trinajstić information content (AvgIpc) is 3.31. The van der Waals surface area contributed by atoms with Crippen LogP contribution in [0.4, 0.5) is 5.69 Å². The molecule has 2 aliphatic rings. The standard InChI is InChI=1S/C25H32N4O2/c1-2-27-15-17-28(18-16-27)19-20-10-12-22(13-11-20)26-24(30)23-9-6-14-29(23)25(31)21-7-4-3-5-8-21/h3-5,7-8,10-13,23H,2,6,9,14-19H2,1H3,(H,26,30). The largest absolute Gasteiger partial charge is 0.327 e.